The highest BCUT2D eigenvalue weighted by Crippen LogP contribution is 2.31. The van der Waals surface area contributed by atoms with E-state index >= 15 is 0 Å². The summed E-state index contributed by atoms with van der Waals surface area (Å²) in [5.74, 6) is 0.283. The second kappa shape index (κ2) is 5.41. The van der Waals surface area contributed by atoms with Crippen molar-refractivity contribution in [3.8, 4) is 11.5 Å². The molecule has 20 heavy (non-hydrogen) atoms. The van der Waals surface area contributed by atoms with Crippen LogP contribution in [-0.4, -0.2) is 14.7 Å². The molecule has 0 heterocycles. The summed E-state index contributed by atoms with van der Waals surface area (Å²) in [6.07, 6.45) is 1.10. The van der Waals surface area contributed by atoms with Crippen LogP contribution in [0.15, 0.2) is 45.8 Å². The molecule has 7 heteroatoms. The average molecular weight is 360 g/mol. The molecule has 0 aliphatic rings. The van der Waals surface area contributed by atoms with Gasteiger partial charge in [-0.3, -0.25) is 0 Å². The molecular formula is C13H11BrFNO3S. The summed E-state index contributed by atoms with van der Waals surface area (Å²) < 4.78 is 41.7. The number of nitrogens with two attached hydrogens (primary N) is 1. The van der Waals surface area contributed by atoms with E-state index in [4.69, 9.17) is 10.5 Å². The van der Waals surface area contributed by atoms with Crippen LogP contribution in [0.25, 0.3) is 0 Å². The molecule has 4 nitrogen and oxygen atoms in total. The zero-order valence-electron chi connectivity index (χ0n) is 10.4. The molecule has 0 saturated carbocycles. The molecule has 0 saturated heterocycles. The number of rotatable bonds is 3. The van der Waals surface area contributed by atoms with E-state index in [0.29, 0.717) is 11.5 Å². The van der Waals surface area contributed by atoms with Crippen molar-refractivity contribution in [2.75, 3.05) is 12.0 Å². The van der Waals surface area contributed by atoms with E-state index in [1.54, 1.807) is 0 Å². The molecular weight excluding hydrogens is 349 g/mol. The second-order valence-electron chi connectivity index (χ2n) is 4.15. The number of benzene rings is 2. The summed E-state index contributed by atoms with van der Waals surface area (Å²) in [7, 11) is -3.32. The Morgan fingerprint density at radius 3 is 2.45 bits per heavy atom. The summed E-state index contributed by atoms with van der Waals surface area (Å²) >= 11 is 3.05. The van der Waals surface area contributed by atoms with Crippen LogP contribution in [-0.2, 0) is 9.84 Å². The van der Waals surface area contributed by atoms with Crippen LogP contribution in [0.1, 0.15) is 0 Å². The minimum Gasteiger partial charge on any atom is -0.455 e. The van der Waals surface area contributed by atoms with Crippen LogP contribution in [0.3, 0.4) is 0 Å². The van der Waals surface area contributed by atoms with Crippen molar-refractivity contribution < 1.29 is 17.5 Å². The van der Waals surface area contributed by atoms with E-state index in [1.165, 1.54) is 36.4 Å². The molecule has 2 aromatic rings. The predicted molar refractivity (Wildman–Crippen MR) is 78.1 cm³/mol. The molecule has 0 unspecified atom stereocenters. The maximum absolute atomic E-state index is 13.1. The first-order valence-corrected chi connectivity index (χ1v) is 8.18. The third-order valence-corrected chi connectivity index (χ3v) is 4.25. The predicted octanol–water partition coefficient (Wildman–Crippen LogP) is 3.37. The zero-order valence-corrected chi connectivity index (χ0v) is 12.8. The Balaban J connectivity index is 2.32. The molecule has 0 amide bonds. The number of ether oxygens (including phenoxy) is 1. The van der Waals surface area contributed by atoms with Gasteiger partial charge < -0.3 is 10.5 Å². The fourth-order valence-corrected chi connectivity index (χ4v) is 2.53. The van der Waals surface area contributed by atoms with Crippen molar-refractivity contribution >= 4 is 31.5 Å². The van der Waals surface area contributed by atoms with E-state index in [0.717, 1.165) is 6.26 Å². The summed E-state index contributed by atoms with van der Waals surface area (Å²) in [4.78, 5) is 0.114. The Hall–Kier alpha value is -1.60. The molecule has 2 rings (SSSR count). The molecule has 0 aliphatic carbocycles. The maximum Gasteiger partial charge on any atom is 0.175 e. The van der Waals surface area contributed by atoms with Crippen LogP contribution in [0.2, 0.25) is 0 Å². The van der Waals surface area contributed by atoms with Gasteiger partial charge in [-0.25, -0.2) is 12.8 Å². The fourth-order valence-electron chi connectivity index (χ4n) is 1.52. The van der Waals surface area contributed by atoms with Gasteiger partial charge >= 0.3 is 0 Å². The summed E-state index contributed by atoms with van der Waals surface area (Å²) in [6.45, 7) is 0. The SMILES string of the molecule is CS(=O)(=O)c1ccc(Oc2ccc(F)c(Br)c2)c(N)c1. The molecule has 0 bridgehead atoms. The standard InChI is InChI=1S/C13H11BrFNO3S/c1-20(17,18)9-3-5-13(12(16)7-9)19-8-2-4-11(15)10(14)6-8/h2-7H,16H2,1H3. The van der Waals surface area contributed by atoms with E-state index in [1.807, 2.05) is 0 Å². The van der Waals surface area contributed by atoms with Crippen molar-refractivity contribution in [3.05, 3.63) is 46.7 Å². The first kappa shape index (κ1) is 14.8. The largest absolute Gasteiger partial charge is 0.455 e. The highest BCUT2D eigenvalue weighted by molar-refractivity contribution is 9.10. The summed E-state index contributed by atoms with van der Waals surface area (Å²) in [5.41, 5.74) is 5.95. The number of hydrogen-bond acceptors (Lipinski definition) is 4. The van der Waals surface area contributed by atoms with Gasteiger partial charge in [-0.15, -0.1) is 0 Å². The number of anilines is 1. The third-order valence-electron chi connectivity index (χ3n) is 2.53. The Kier molecular flexibility index (Phi) is 4.01. The maximum atomic E-state index is 13.1. The monoisotopic (exact) mass is 359 g/mol. The highest BCUT2D eigenvalue weighted by atomic mass is 79.9. The Bertz CT molecular complexity index is 762. The van der Waals surface area contributed by atoms with Crippen LogP contribution in [0.4, 0.5) is 10.1 Å². The van der Waals surface area contributed by atoms with Crippen molar-refractivity contribution in [1.82, 2.24) is 0 Å². The van der Waals surface area contributed by atoms with Crippen molar-refractivity contribution in [2.45, 2.75) is 4.90 Å². The minimum absolute atomic E-state index is 0.114. The van der Waals surface area contributed by atoms with E-state index in [-0.39, 0.29) is 15.1 Å². The Morgan fingerprint density at radius 1 is 1.20 bits per heavy atom. The van der Waals surface area contributed by atoms with Crippen molar-refractivity contribution in [1.29, 1.82) is 0 Å². The first-order valence-electron chi connectivity index (χ1n) is 5.50. The van der Waals surface area contributed by atoms with Gasteiger partial charge in [-0.05, 0) is 52.3 Å². The van der Waals surface area contributed by atoms with Gasteiger partial charge in [0.15, 0.2) is 9.84 Å². The molecule has 0 aliphatic heterocycles. The molecule has 0 radical (unpaired) electrons. The lowest BCUT2D eigenvalue weighted by atomic mass is 10.3. The van der Waals surface area contributed by atoms with Gasteiger partial charge in [0, 0.05) is 6.26 Å². The van der Waals surface area contributed by atoms with E-state index < -0.39 is 15.7 Å². The normalized spacial score (nSPS) is 11.3. The molecule has 0 fully saturated rings. The van der Waals surface area contributed by atoms with Crippen LogP contribution in [0, 0.1) is 5.82 Å². The lowest BCUT2D eigenvalue weighted by molar-refractivity contribution is 0.481. The van der Waals surface area contributed by atoms with Crippen LogP contribution >= 0.6 is 15.9 Å². The average Bonchev–Trinajstić information content (AvgIpc) is 2.35. The van der Waals surface area contributed by atoms with Gasteiger partial charge in [-0.1, -0.05) is 0 Å². The first-order chi connectivity index (χ1) is 9.27. The van der Waals surface area contributed by atoms with Gasteiger partial charge in [0.25, 0.3) is 0 Å². The molecule has 2 N–H and O–H groups in total. The molecule has 0 aromatic heterocycles. The molecule has 0 atom stereocenters. The van der Waals surface area contributed by atoms with Crippen LogP contribution in [0.5, 0.6) is 11.5 Å². The van der Waals surface area contributed by atoms with Gasteiger partial charge in [0.2, 0.25) is 0 Å². The smallest absolute Gasteiger partial charge is 0.175 e. The Labute approximate surface area is 124 Å². The van der Waals surface area contributed by atoms with Gasteiger partial charge in [-0.2, -0.15) is 0 Å². The van der Waals surface area contributed by atoms with Crippen molar-refractivity contribution in [3.63, 3.8) is 0 Å². The van der Waals surface area contributed by atoms with Gasteiger partial charge in [0.1, 0.15) is 17.3 Å². The topological polar surface area (TPSA) is 69.4 Å². The number of hydrogen-bond donors (Lipinski definition) is 1. The molecule has 2 aromatic carbocycles. The number of halogens is 2. The van der Waals surface area contributed by atoms with Crippen molar-refractivity contribution in [2.24, 2.45) is 0 Å². The minimum atomic E-state index is -3.32. The van der Waals surface area contributed by atoms with Gasteiger partial charge in [0.05, 0.1) is 15.1 Å². The molecule has 106 valence electrons. The third kappa shape index (κ3) is 3.29. The number of sulfone groups is 1. The van der Waals surface area contributed by atoms with E-state index in [9.17, 15) is 12.8 Å². The summed E-state index contributed by atoms with van der Waals surface area (Å²) in [6, 6.07) is 8.34. The Morgan fingerprint density at radius 2 is 1.90 bits per heavy atom. The lowest BCUT2D eigenvalue weighted by Crippen LogP contribution is -2.00. The zero-order chi connectivity index (χ0) is 14.9. The number of nitrogen functional groups attached to an aromatic ring is 1. The van der Waals surface area contributed by atoms with Crippen LogP contribution < -0.4 is 10.5 Å². The highest BCUT2D eigenvalue weighted by Gasteiger charge is 2.11. The molecule has 0 spiro atoms. The van der Waals surface area contributed by atoms with E-state index in [2.05, 4.69) is 15.9 Å². The second-order valence-corrected chi connectivity index (χ2v) is 7.02. The lowest BCUT2D eigenvalue weighted by Gasteiger charge is -2.10. The summed E-state index contributed by atoms with van der Waals surface area (Å²) in [5, 5.41) is 0. The quantitative estimate of drug-likeness (QED) is 0.853. The fraction of sp³-hybridized carbons (Fsp3) is 0.0769.